The van der Waals surface area contributed by atoms with Crippen LogP contribution < -0.4 is 21.3 Å². The Bertz CT molecular complexity index is 770. The van der Waals surface area contributed by atoms with E-state index < -0.39 is 43.2 Å². The fraction of sp³-hybridized carbons (Fsp3) is 0.846. The van der Waals surface area contributed by atoms with E-state index in [2.05, 4.69) is 21.3 Å². The molecular formula is C26H48N4O10. The van der Waals surface area contributed by atoms with Crippen molar-refractivity contribution in [1.29, 1.82) is 0 Å². The van der Waals surface area contributed by atoms with Gasteiger partial charge < -0.3 is 50.8 Å². The second kappa shape index (κ2) is 20.5. The molecule has 232 valence electrons. The molecule has 1 aliphatic heterocycles. The van der Waals surface area contributed by atoms with E-state index in [1.165, 1.54) is 6.92 Å². The molecule has 0 bridgehead atoms. The topological polar surface area (TPSA) is 205 Å². The highest BCUT2D eigenvalue weighted by molar-refractivity contribution is 5.80. The number of nitrogens with one attached hydrogen (secondary N) is 4. The summed E-state index contributed by atoms with van der Waals surface area (Å²) in [7, 11) is 0. The number of hydrogen-bond acceptors (Lipinski definition) is 10. The number of carbonyl (C=O) groups is 4. The number of unbranched alkanes of at least 4 members (excludes halogenated alkanes) is 1. The van der Waals surface area contributed by atoms with Crippen molar-refractivity contribution in [2.24, 2.45) is 0 Å². The molecule has 1 aliphatic rings. The molecule has 40 heavy (non-hydrogen) atoms. The van der Waals surface area contributed by atoms with E-state index in [-0.39, 0.29) is 56.2 Å². The van der Waals surface area contributed by atoms with Crippen LogP contribution in [0.25, 0.3) is 0 Å². The molecule has 1 heterocycles. The molecule has 1 fully saturated rings. The first kappa shape index (κ1) is 35.7. The summed E-state index contributed by atoms with van der Waals surface area (Å²) in [5.74, 6) is -0.971. The summed E-state index contributed by atoms with van der Waals surface area (Å²) in [5.41, 5.74) is 0. The zero-order valence-corrected chi connectivity index (χ0v) is 23.9. The van der Waals surface area contributed by atoms with Crippen LogP contribution in [-0.2, 0) is 33.4 Å². The molecule has 0 radical (unpaired) electrons. The van der Waals surface area contributed by atoms with Crippen molar-refractivity contribution in [3.05, 3.63) is 0 Å². The number of carbonyl (C=O) groups excluding carboxylic acids is 4. The average Bonchev–Trinajstić information content (AvgIpc) is 2.89. The van der Waals surface area contributed by atoms with Crippen molar-refractivity contribution in [3.8, 4) is 0 Å². The molecule has 0 saturated carbocycles. The highest BCUT2D eigenvalue weighted by Crippen LogP contribution is 2.22. The molecule has 7 N–H and O–H groups in total. The van der Waals surface area contributed by atoms with Gasteiger partial charge in [-0.05, 0) is 39.5 Å². The quantitative estimate of drug-likeness (QED) is 0.0831. The van der Waals surface area contributed by atoms with Gasteiger partial charge in [0.1, 0.15) is 24.4 Å². The monoisotopic (exact) mass is 576 g/mol. The van der Waals surface area contributed by atoms with Gasteiger partial charge in [-0.15, -0.1) is 0 Å². The summed E-state index contributed by atoms with van der Waals surface area (Å²) in [6.07, 6.45) is -1.83. The number of aliphatic hydroxyl groups is 3. The molecule has 0 spiro atoms. The minimum absolute atomic E-state index is 0.105. The van der Waals surface area contributed by atoms with Gasteiger partial charge >= 0.3 is 0 Å². The number of rotatable bonds is 20. The average molecular weight is 577 g/mol. The molecule has 0 aromatic rings. The molecular weight excluding hydrogens is 528 g/mol. The smallest absolute Gasteiger partial charge is 0.221 e. The minimum atomic E-state index is -1.38. The highest BCUT2D eigenvalue weighted by atomic mass is 16.7. The SMILES string of the molecule is CC(=O)NC1[C@H](OCCCCNC(=O)CCNC(=O)CCCC(=O)NCCCOC(C)C)OC(CO)[C@H](O)[C@@H]1O. The molecule has 14 nitrogen and oxygen atoms in total. The Balaban J connectivity index is 2.10. The fourth-order valence-corrected chi connectivity index (χ4v) is 3.88. The molecule has 5 atom stereocenters. The molecule has 4 amide bonds. The first-order valence-corrected chi connectivity index (χ1v) is 14.0. The van der Waals surface area contributed by atoms with E-state index in [4.69, 9.17) is 14.2 Å². The number of ether oxygens (including phenoxy) is 3. The largest absolute Gasteiger partial charge is 0.394 e. The Morgan fingerprint density at radius 1 is 0.800 bits per heavy atom. The van der Waals surface area contributed by atoms with E-state index in [9.17, 15) is 34.5 Å². The summed E-state index contributed by atoms with van der Waals surface area (Å²) in [6.45, 7) is 6.54. The van der Waals surface area contributed by atoms with Crippen LogP contribution >= 0.6 is 0 Å². The van der Waals surface area contributed by atoms with E-state index in [1.807, 2.05) is 13.8 Å². The standard InChI is InChI=1S/C26H48N4O10/c1-17(2)38-15-7-12-28-20(33)8-6-9-21(34)29-13-10-22(35)27-11-4-5-14-39-26-23(30-18(3)32)25(37)24(36)19(16-31)40-26/h17,19,23-26,31,36-37H,4-16H2,1-3H3,(H,27,35)(H,28,33)(H,29,34)(H,30,32)/t19?,23?,24-,25+,26+/m0/s1. The van der Waals surface area contributed by atoms with Crippen molar-refractivity contribution in [2.75, 3.05) is 39.5 Å². The van der Waals surface area contributed by atoms with Crippen LogP contribution in [0.15, 0.2) is 0 Å². The first-order valence-electron chi connectivity index (χ1n) is 14.0. The Labute approximate surface area is 235 Å². The zero-order valence-electron chi connectivity index (χ0n) is 23.9. The molecule has 0 aromatic carbocycles. The first-order chi connectivity index (χ1) is 19.0. The maximum atomic E-state index is 12.0. The predicted octanol–water partition coefficient (Wildman–Crippen LogP) is -1.55. The van der Waals surface area contributed by atoms with Gasteiger partial charge in [0, 0.05) is 59.0 Å². The van der Waals surface area contributed by atoms with Crippen LogP contribution in [0.1, 0.15) is 65.7 Å². The summed E-state index contributed by atoms with van der Waals surface area (Å²) in [5, 5.41) is 40.3. The van der Waals surface area contributed by atoms with E-state index >= 15 is 0 Å². The second-order valence-corrected chi connectivity index (χ2v) is 9.94. The highest BCUT2D eigenvalue weighted by Gasteiger charge is 2.45. The Morgan fingerprint density at radius 2 is 1.40 bits per heavy atom. The number of aliphatic hydroxyl groups excluding tert-OH is 3. The third kappa shape index (κ3) is 15.4. The fourth-order valence-electron chi connectivity index (χ4n) is 3.88. The van der Waals surface area contributed by atoms with Crippen molar-refractivity contribution in [3.63, 3.8) is 0 Å². The van der Waals surface area contributed by atoms with E-state index in [0.29, 0.717) is 39.0 Å². The molecule has 2 unspecified atom stereocenters. The number of amides is 4. The molecule has 1 saturated heterocycles. The summed E-state index contributed by atoms with van der Waals surface area (Å²) in [6, 6.07) is -0.998. The molecule has 0 aliphatic carbocycles. The Morgan fingerprint density at radius 3 is 2.00 bits per heavy atom. The lowest BCUT2D eigenvalue weighted by atomic mass is 9.97. The van der Waals surface area contributed by atoms with Gasteiger partial charge in [-0.25, -0.2) is 0 Å². The van der Waals surface area contributed by atoms with Crippen molar-refractivity contribution < 1.29 is 48.7 Å². The van der Waals surface area contributed by atoms with Crippen molar-refractivity contribution in [1.82, 2.24) is 21.3 Å². The molecule has 14 heteroatoms. The molecule has 1 rings (SSSR count). The van der Waals surface area contributed by atoms with Gasteiger partial charge in [0.05, 0.1) is 12.7 Å². The maximum Gasteiger partial charge on any atom is 0.221 e. The Hall–Kier alpha value is -2.36. The number of hydrogen-bond donors (Lipinski definition) is 7. The predicted molar refractivity (Wildman–Crippen MR) is 144 cm³/mol. The van der Waals surface area contributed by atoms with Gasteiger partial charge in [0.2, 0.25) is 23.6 Å². The third-order valence-electron chi connectivity index (χ3n) is 6.00. The Kier molecular flexibility index (Phi) is 18.3. The lowest BCUT2D eigenvalue weighted by Crippen LogP contribution is -2.64. The van der Waals surface area contributed by atoms with Crippen LogP contribution in [0, 0.1) is 0 Å². The molecule has 0 aromatic heterocycles. The van der Waals surface area contributed by atoms with Gasteiger partial charge in [-0.1, -0.05) is 0 Å². The maximum absolute atomic E-state index is 12.0. The van der Waals surface area contributed by atoms with Crippen molar-refractivity contribution in [2.45, 2.75) is 102 Å². The van der Waals surface area contributed by atoms with E-state index in [1.54, 1.807) is 0 Å². The zero-order chi connectivity index (χ0) is 29.9. The minimum Gasteiger partial charge on any atom is -0.394 e. The van der Waals surface area contributed by atoms with E-state index in [0.717, 1.165) is 6.42 Å². The van der Waals surface area contributed by atoms with Gasteiger partial charge in [-0.3, -0.25) is 19.2 Å². The van der Waals surface area contributed by atoms with Crippen LogP contribution in [0.4, 0.5) is 0 Å². The van der Waals surface area contributed by atoms with Crippen LogP contribution in [-0.4, -0.2) is 115 Å². The third-order valence-corrected chi connectivity index (χ3v) is 6.00. The van der Waals surface area contributed by atoms with Gasteiger partial charge in [-0.2, -0.15) is 0 Å². The van der Waals surface area contributed by atoms with Crippen LogP contribution in [0.2, 0.25) is 0 Å². The normalized spacial score (nSPS) is 22.5. The summed E-state index contributed by atoms with van der Waals surface area (Å²) < 4.78 is 16.5. The van der Waals surface area contributed by atoms with Gasteiger partial charge in [0.15, 0.2) is 6.29 Å². The van der Waals surface area contributed by atoms with Crippen LogP contribution in [0.3, 0.4) is 0 Å². The lowest BCUT2D eigenvalue weighted by Gasteiger charge is -2.42. The summed E-state index contributed by atoms with van der Waals surface area (Å²) >= 11 is 0. The summed E-state index contributed by atoms with van der Waals surface area (Å²) in [4.78, 5) is 47.1. The van der Waals surface area contributed by atoms with Crippen molar-refractivity contribution >= 4 is 23.6 Å². The van der Waals surface area contributed by atoms with Crippen LogP contribution in [0.5, 0.6) is 0 Å². The lowest BCUT2D eigenvalue weighted by molar-refractivity contribution is -0.270. The van der Waals surface area contributed by atoms with Gasteiger partial charge in [0.25, 0.3) is 0 Å². The second-order valence-electron chi connectivity index (χ2n) is 9.94.